The second-order valence-electron chi connectivity index (χ2n) is 2.83. The summed E-state index contributed by atoms with van der Waals surface area (Å²) in [6.07, 6.45) is 3.27. The van der Waals surface area contributed by atoms with Crippen LogP contribution in [-0.2, 0) is 0 Å². The fourth-order valence-electron chi connectivity index (χ4n) is 1.33. The molecule has 0 aliphatic carbocycles. The summed E-state index contributed by atoms with van der Waals surface area (Å²) in [6, 6.07) is 3.13. The number of aromatic carboxylic acids is 1. The molecule has 0 atom stereocenters. The van der Waals surface area contributed by atoms with Crippen LogP contribution in [0.1, 0.15) is 16.1 Å². The molecule has 0 radical (unpaired) electrons. The maximum atomic E-state index is 10.6. The Hall–Kier alpha value is -1.50. The molecular formula is C10H7LiN2O2. The van der Waals surface area contributed by atoms with Crippen molar-refractivity contribution in [2.45, 2.75) is 0 Å². The molecule has 2 rings (SSSR count). The molecule has 5 heteroatoms. The fourth-order valence-corrected chi connectivity index (χ4v) is 1.33. The number of carbonyl (C=O) groups excluding carboxylic acids is 1. The van der Waals surface area contributed by atoms with Crippen LogP contribution in [0, 0.1) is 0 Å². The standard InChI is InChI=1S/C10H8N2O2.Li/c1-2-6-5-8(10(13)14)12-7-3-4-11-9(6)7;/h2-5,11H,1H2,(H,13,14);/q;+1/p-1. The number of fused-ring (bicyclic) bond motifs is 1. The molecule has 0 fully saturated rings. The first-order chi connectivity index (χ1) is 6.72. The van der Waals surface area contributed by atoms with Crippen molar-refractivity contribution in [3.8, 4) is 0 Å². The van der Waals surface area contributed by atoms with Crippen molar-refractivity contribution >= 4 is 23.1 Å². The molecule has 0 saturated heterocycles. The average Bonchev–Trinajstić information content (AvgIpc) is 2.63. The van der Waals surface area contributed by atoms with E-state index in [1.165, 1.54) is 6.07 Å². The van der Waals surface area contributed by atoms with E-state index in [0.717, 1.165) is 5.52 Å². The van der Waals surface area contributed by atoms with E-state index in [2.05, 4.69) is 16.5 Å². The summed E-state index contributed by atoms with van der Waals surface area (Å²) in [4.78, 5) is 17.5. The minimum atomic E-state index is -1.28. The van der Waals surface area contributed by atoms with E-state index in [-0.39, 0.29) is 24.6 Å². The summed E-state index contributed by atoms with van der Waals surface area (Å²) in [5, 5.41) is 10.6. The van der Waals surface area contributed by atoms with Gasteiger partial charge in [0.05, 0.1) is 22.7 Å². The van der Waals surface area contributed by atoms with Crippen LogP contribution in [0.4, 0.5) is 0 Å². The number of carboxylic acid groups (broad SMARTS) is 1. The molecule has 0 saturated carbocycles. The zero-order valence-electron chi connectivity index (χ0n) is 8.28. The van der Waals surface area contributed by atoms with Crippen LogP contribution in [-0.4, -0.2) is 15.9 Å². The fraction of sp³-hybridized carbons (Fsp3) is 0. The maximum absolute atomic E-state index is 10.6. The van der Waals surface area contributed by atoms with Gasteiger partial charge < -0.3 is 14.9 Å². The number of aromatic nitrogens is 2. The minimum Gasteiger partial charge on any atom is -0.543 e. The van der Waals surface area contributed by atoms with Crippen LogP contribution in [0.2, 0.25) is 0 Å². The van der Waals surface area contributed by atoms with Gasteiger partial charge in [-0.25, -0.2) is 4.98 Å². The summed E-state index contributed by atoms with van der Waals surface area (Å²) >= 11 is 0. The molecule has 0 spiro atoms. The Morgan fingerprint density at radius 1 is 1.60 bits per heavy atom. The van der Waals surface area contributed by atoms with Gasteiger partial charge in [0.1, 0.15) is 0 Å². The van der Waals surface area contributed by atoms with Gasteiger partial charge in [0.2, 0.25) is 0 Å². The molecule has 1 N–H and O–H groups in total. The van der Waals surface area contributed by atoms with E-state index in [1.807, 2.05) is 0 Å². The molecule has 2 aromatic rings. The molecule has 0 bridgehead atoms. The van der Waals surface area contributed by atoms with E-state index in [1.54, 1.807) is 18.3 Å². The molecule has 15 heavy (non-hydrogen) atoms. The predicted octanol–water partition coefficient (Wildman–Crippen LogP) is -2.43. The van der Waals surface area contributed by atoms with Gasteiger partial charge in [-0.05, 0) is 12.1 Å². The monoisotopic (exact) mass is 194 g/mol. The minimum absolute atomic E-state index is 0. The normalized spacial score (nSPS) is 9.60. The Bertz CT molecular complexity index is 519. The number of carboxylic acids is 1. The average molecular weight is 194 g/mol. The van der Waals surface area contributed by atoms with Crippen LogP contribution >= 0.6 is 0 Å². The second kappa shape index (κ2) is 4.35. The molecule has 2 aromatic heterocycles. The quantitative estimate of drug-likeness (QED) is 0.540. The largest absolute Gasteiger partial charge is 1.00 e. The number of carbonyl (C=O) groups is 1. The molecule has 0 amide bonds. The first-order valence-corrected chi connectivity index (χ1v) is 4.04. The third-order valence-corrected chi connectivity index (χ3v) is 1.98. The third kappa shape index (κ3) is 1.96. The Balaban J connectivity index is 0.00000112. The maximum Gasteiger partial charge on any atom is 1.00 e. The van der Waals surface area contributed by atoms with Crippen molar-refractivity contribution in [3.05, 3.63) is 36.2 Å². The second-order valence-corrected chi connectivity index (χ2v) is 2.83. The number of nitrogens with zero attached hydrogens (tertiary/aromatic N) is 1. The van der Waals surface area contributed by atoms with Crippen LogP contribution < -0.4 is 24.0 Å². The zero-order chi connectivity index (χ0) is 10.1. The Morgan fingerprint density at radius 2 is 2.33 bits per heavy atom. The molecule has 70 valence electrons. The van der Waals surface area contributed by atoms with Gasteiger partial charge in [-0.1, -0.05) is 12.7 Å². The number of aromatic amines is 1. The van der Waals surface area contributed by atoms with Gasteiger partial charge in [-0.2, -0.15) is 0 Å². The molecule has 0 unspecified atom stereocenters. The van der Waals surface area contributed by atoms with Crippen LogP contribution in [0.5, 0.6) is 0 Å². The van der Waals surface area contributed by atoms with Crippen molar-refractivity contribution in [2.24, 2.45) is 0 Å². The van der Waals surface area contributed by atoms with Crippen molar-refractivity contribution < 1.29 is 28.8 Å². The number of nitrogens with one attached hydrogen (secondary N) is 1. The molecule has 4 nitrogen and oxygen atoms in total. The number of hydrogen-bond acceptors (Lipinski definition) is 3. The van der Waals surface area contributed by atoms with E-state index >= 15 is 0 Å². The zero-order valence-corrected chi connectivity index (χ0v) is 8.28. The number of hydrogen-bond donors (Lipinski definition) is 1. The summed E-state index contributed by atoms with van der Waals surface area (Å²) in [5.74, 6) is -1.28. The summed E-state index contributed by atoms with van der Waals surface area (Å²) in [5.41, 5.74) is 2.01. The Labute approximate surface area is 98.2 Å². The third-order valence-electron chi connectivity index (χ3n) is 1.98. The van der Waals surface area contributed by atoms with Crippen LogP contribution in [0.3, 0.4) is 0 Å². The summed E-state index contributed by atoms with van der Waals surface area (Å²) < 4.78 is 0. The first-order valence-electron chi connectivity index (χ1n) is 4.04. The van der Waals surface area contributed by atoms with Gasteiger partial charge in [-0.15, -0.1) is 0 Å². The number of pyridine rings is 1. The van der Waals surface area contributed by atoms with Gasteiger partial charge in [0.15, 0.2) is 0 Å². The molecule has 0 aliphatic heterocycles. The molecule has 0 aliphatic rings. The molecule has 0 aromatic carbocycles. The predicted molar refractivity (Wildman–Crippen MR) is 50.5 cm³/mol. The molecule has 2 heterocycles. The van der Waals surface area contributed by atoms with E-state index in [4.69, 9.17) is 0 Å². The van der Waals surface area contributed by atoms with Crippen LogP contribution in [0.25, 0.3) is 17.1 Å². The van der Waals surface area contributed by atoms with Gasteiger partial charge in [0.25, 0.3) is 0 Å². The number of rotatable bonds is 2. The Morgan fingerprint density at radius 3 is 2.93 bits per heavy atom. The van der Waals surface area contributed by atoms with Crippen molar-refractivity contribution in [1.29, 1.82) is 0 Å². The topological polar surface area (TPSA) is 68.8 Å². The Kier molecular flexibility index (Phi) is 3.35. The van der Waals surface area contributed by atoms with E-state index < -0.39 is 5.97 Å². The SMILES string of the molecule is C=Cc1cc(C(=O)[O-])nc2cc[nH]c12.[Li+]. The van der Waals surface area contributed by atoms with Crippen molar-refractivity contribution in [2.75, 3.05) is 0 Å². The number of H-pyrrole nitrogens is 1. The van der Waals surface area contributed by atoms with Gasteiger partial charge in [-0.3, -0.25) is 0 Å². The molecular weight excluding hydrogens is 187 g/mol. The van der Waals surface area contributed by atoms with Crippen molar-refractivity contribution in [1.82, 2.24) is 9.97 Å². The van der Waals surface area contributed by atoms with Crippen LogP contribution in [0.15, 0.2) is 24.9 Å². The summed E-state index contributed by atoms with van der Waals surface area (Å²) in [7, 11) is 0. The van der Waals surface area contributed by atoms with E-state index in [0.29, 0.717) is 11.1 Å². The smallest absolute Gasteiger partial charge is 0.543 e. The first kappa shape index (κ1) is 11.6. The van der Waals surface area contributed by atoms with Gasteiger partial charge in [0, 0.05) is 11.8 Å². The van der Waals surface area contributed by atoms with Gasteiger partial charge >= 0.3 is 18.9 Å². The van der Waals surface area contributed by atoms with Crippen molar-refractivity contribution in [3.63, 3.8) is 0 Å². The van der Waals surface area contributed by atoms with E-state index in [9.17, 15) is 9.90 Å². The summed E-state index contributed by atoms with van der Waals surface area (Å²) in [6.45, 7) is 3.60.